The molecule has 2 aromatic rings. The molecule has 0 bridgehead atoms. The van der Waals surface area contributed by atoms with E-state index in [0.717, 1.165) is 35.5 Å². The SMILES string of the molecule is COc1ccc2c(c1)C(N)(c1ccccc1OC)CC2. The summed E-state index contributed by atoms with van der Waals surface area (Å²) < 4.78 is 10.8. The molecule has 1 atom stereocenters. The molecule has 3 heteroatoms. The third-order valence-electron chi connectivity index (χ3n) is 4.17. The van der Waals surface area contributed by atoms with Gasteiger partial charge in [-0.1, -0.05) is 24.3 Å². The quantitative estimate of drug-likeness (QED) is 0.932. The topological polar surface area (TPSA) is 44.5 Å². The number of fused-ring (bicyclic) bond motifs is 1. The van der Waals surface area contributed by atoms with Crippen LogP contribution >= 0.6 is 0 Å². The standard InChI is InChI=1S/C17H19NO2/c1-19-13-8-7-12-9-10-17(18,15(12)11-13)14-5-3-4-6-16(14)20-2/h3-8,11H,9-10,18H2,1-2H3. The molecular weight excluding hydrogens is 250 g/mol. The van der Waals surface area contributed by atoms with Gasteiger partial charge in [0.2, 0.25) is 0 Å². The third-order valence-corrected chi connectivity index (χ3v) is 4.17. The lowest BCUT2D eigenvalue weighted by atomic mass is 9.84. The molecule has 104 valence electrons. The second kappa shape index (κ2) is 4.84. The zero-order chi connectivity index (χ0) is 14.2. The van der Waals surface area contributed by atoms with E-state index in [4.69, 9.17) is 15.2 Å². The molecule has 3 rings (SSSR count). The summed E-state index contributed by atoms with van der Waals surface area (Å²) in [4.78, 5) is 0. The summed E-state index contributed by atoms with van der Waals surface area (Å²) in [6.07, 6.45) is 1.86. The molecule has 0 amide bonds. The highest BCUT2D eigenvalue weighted by Crippen LogP contribution is 2.44. The Labute approximate surface area is 119 Å². The van der Waals surface area contributed by atoms with Crippen LogP contribution < -0.4 is 15.2 Å². The Kier molecular flexibility index (Phi) is 3.14. The second-order valence-corrected chi connectivity index (χ2v) is 5.19. The molecule has 2 aromatic carbocycles. The average molecular weight is 269 g/mol. The van der Waals surface area contributed by atoms with Crippen molar-refractivity contribution in [3.05, 3.63) is 59.2 Å². The lowest BCUT2D eigenvalue weighted by Crippen LogP contribution is -2.35. The average Bonchev–Trinajstić information content (AvgIpc) is 2.85. The molecule has 2 N–H and O–H groups in total. The van der Waals surface area contributed by atoms with Crippen LogP contribution in [0.1, 0.15) is 23.1 Å². The van der Waals surface area contributed by atoms with Crippen LogP contribution in [0.2, 0.25) is 0 Å². The summed E-state index contributed by atoms with van der Waals surface area (Å²) in [7, 11) is 3.36. The maximum absolute atomic E-state index is 6.76. The summed E-state index contributed by atoms with van der Waals surface area (Å²) >= 11 is 0. The zero-order valence-corrected chi connectivity index (χ0v) is 11.8. The van der Waals surface area contributed by atoms with Crippen molar-refractivity contribution in [2.45, 2.75) is 18.4 Å². The Morgan fingerprint density at radius 1 is 1.00 bits per heavy atom. The van der Waals surface area contributed by atoms with Crippen LogP contribution in [-0.2, 0) is 12.0 Å². The summed E-state index contributed by atoms with van der Waals surface area (Å²) in [6.45, 7) is 0. The van der Waals surface area contributed by atoms with Crippen LogP contribution in [-0.4, -0.2) is 14.2 Å². The molecule has 1 unspecified atom stereocenters. The summed E-state index contributed by atoms with van der Waals surface area (Å²) in [6, 6.07) is 14.1. The largest absolute Gasteiger partial charge is 0.497 e. The normalized spacial score (nSPS) is 20.6. The van der Waals surface area contributed by atoms with E-state index in [1.807, 2.05) is 30.3 Å². The van der Waals surface area contributed by atoms with Crippen LogP contribution in [0.3, 0.4) is 0 Å². The van der Waals surface area contributed by atoms with Crippen LogP contribution in [0.15, 0.2) is 42.5 Å². The maximum atomic E-state index is 6.76. The predicted octanol–water partition coefficient (Wildman–Crippen LogP) is 2.85. The highest BCUT2D eigenvalue weighted by molar-refractivity contribution is 5.53. The van der Waals surface area contributed by atoms with E-state index in [-0.39, 0.29) is 0 Å². The monoisotopic (exact) mass is 269 g/mol. The van der Waals surface area contributed by atoms with Crippen molar-refractivity contribution in [1.29, 1.82) is 0 Å². The summed E-state index contributed by atoms with van der Waals surface area (Å²) in [5.41, 5.74) is 9.72. The number of benzene rings is 2. The van der Waals surface area contributed by atoms with E-state index < -0.39 is 5.54 Å². The predicted molar refractivity (Wildman–Crippen MR) is 79.3 cm³/mol. The first-order chi connectivity index (χ1) is 9.69. The van der Waals surface area contributed by atoms with E-state index in [9.17, 15) is 0 Å². The number of nitrogens with two attached hydrogens (primary N) is 1. The molecule has 0 fully saturated rings. The van der Waals surface area contributed by atoms with Gasteiger partial charge < -0.3 is 15.2 Å². The van der Waals surface area contributed by atoms with Crippen LogP contribution in [0.25, 0.3) is 0 Å². The van der Waals surface area contributed by atoms with Gasteiger partial charge in [-0.15, -0.1) is 0 Å². The number of hydrogen-bond acceptors (Lipinski definition) is 3. The number of para-hydroxylation sites is 1. The number of aryl methyl sites for hydroxylation is 1. The van der Waals surface area contributed by atoms with Gasteiger partial charge in [-0.2, -0.15) is 0 Å². The minimum atomic E-state index is -0.503. The molecule has 0 heterocycles. The Bertz CT molecular complexity index is 639. The highest BCUT2D eigenvalue weighted by atomic mass is 16.5. The van der Waals surface area contributed by atoms with Crippen molar-refractivity contribution in [2.24, 2.45) is 5.73 Å². The lowest BCUT2D eigenvalue weighted by molar-refractivity contribution is 0.392. The van der Waals surface area contributed by atoms with Gasteiger partial charge in [0.25, 0.3) is 0 Å². The minimum absolute atomic E-state index is 0.503. The fraction of sp³-hybridized carbons (Fsp3) is 0.294. The smallest absolute Gasteiger partial charge is 0.124 e. The zero-order valence-electron chi connectivity index (χ0n) is 11.8. The van der Waals surface area contributed by atoms with Gasteiger partial charge in [-0.3, -0.25) is 0 Å². The van der Waals surface area contributed by atoms with E-state index in [1.165, 1.54) is 5.56 Å². The van der Waals surface area contributed by atoms with Crippen molar-refractivity contribution >= 4 is 0 Å². The van der Waals surface area contributed by atoms with E-state index in [2.05, 4.69) is 12.1 Å². The van der Waals surface area contributed by atoms with Crippen LogP contribution in [0.5, 0.6) is 11.5 Å². The fourth-order valence-electron chi connectivity index (χ4n) is 3.08. The van der Waals surface area contributed by atoms with Crippen molar-refractivity contribution in [3.63, 3.8) is 0 Å². The molecule has 0 aromatic heterocycles. The second-order valence-electron chi connectivity index (χ2n) is 5.19. The molecule has 20 heavy (non-hydrogen) atoms. The van der Waals surface area contributed by atoms with Crippen LogP contribution in [0, 0.1) is 0 Å². The molecule has 0 radical (unpaired) electrons. The number of hydrogen-bond donors (Lipinski definition) is 1. The van der Waals surface area contributed by atoms with E-state index in [0.29, 0.717) is 0 Å². The first kappa shape index (κ1) is 13.0. The van der Waals surface area contributed by atoms with Gasteiger partial charge in [-0.25, -0.2) is 0 Å². The van der Waals surface area contributed by atoms with Crippen molar-refractivity contribution in [1.82, 2.24) is 0 Å². The van der Waals surface area contributed by atoms with Gasteiger partial charge in [-0.05, 0) is 42.2 Å². The Balaban J connectivity index is 2.16. The highest BCUT2D eigenvalue weighted by Gasteiger charge is 2.38. The van der Waals surface area contributed by atoms with Gasteiger partial charge in [0.15, 0.2) is 0 Å². The fourth-order valence-corrected chi connectivity index (χ4v) is 3.08. The van der Waals surface area contributed by atoms with Crippen molar-refractivity contribution < 1.29 is 9.47 Å². The van der Waals surface area contributed by atoms with E-state index >= 15 is 0 Å². The van der Waals surface area contributed by atoms with Crippen molar-refractivity contribution in [2.75, 3.05) is 14.2 Å². The summed E-state index contributed by atoms with van der Waals surface area (Å²) in [5.74, 6) is 1.68. The maximum Gasteiger partial charge on any atom is 0.124 e. The summed E-state index contributed by atoms with van der Waals surface area (Å²) in [5, 5.41) is 0. The molecular formula is C17H19NO2. The molecule has 0 saturated heterocycles. The minimum Gasteiger partial charge on any atom is -0.497 e. The van der Waals surface area contributed by atoms with Gasteiger partial charge in [0, 0.05) is 5.56 Å². The Morgan fingerprint density at radius 3 is 2.55 bits per heavy atom. The number of rotatable bonds is 3. The molecule has 1 aliphatic carbocycles. The van der Waals surface area contributed by atoms with E-state index in [1.54, 1.807) is 14.2 Å². The molecule has 1 aliphatic rings. The first-order valence-electron chi connectivity index (χ1n) is 6.79. The van der Waals surface area contributed by atoms with Gasteiger partial charge in [0.05, 0.1) is 19.8 Å². The molecule has 0 aliphatic heterocycles. The Morgan fingerprint density at radius 2 is 1.80 bits per heavy atom. The van der Waals surface area contributed by atoms with Gasteiger partial charge >= 0.3 is 0 Å². The first-order valence-corrected chi connectivity index (χ1v) is 6.79. The molecule has 3 nitrogen and oxygen atoms in total. The number of methoxy groups -OCH3 is 2. The van der Waals surface area contributed by atoms with Crippen LogP contribution in [0.4, 0.5) is 0 Å². The van der Waals surface area contributed by atoms with Gasteiger partial charge in [0.1, 0.15) is 11.5 Å². The molecule has 0 spiro atoms. The Hall–Kier alpha value is -2.00. The lowest BCUT2D eigenvalue weighted by Gasteiger charge is -2.28. The third kappa shape index (κ3) is 1.86. The van der Waals surface area contributed by atoms with Crippen molar-refractivity contribution in [3.8, 4) is 11.5 Å². The number of ether oxygens (including phenoxy) is 2. The molecule has 0 saturated carbocycles.